The molecule has 0 amide bonds. The lowest BCUT2D eigenvalue weighted by molar-refractivity contribution is 0.327. The van der Waals surface area contributed by atoms with Crippen LogP contribution in [0.5, 0.6) is 0 Å². The quantitative estimate of drug-likeness (QED) is 0.801. The summed E-state index contributed by atoms with van der Waals surface area (Å²) in [6.45, 7) is 3.37. The van der Waals surface area contributed by atoms with Crippen molar-refractivity contribution in [1.29, 1.82) is 0 Å². The van der Waals surface area contributed by atoms with Gasteiger partial charge in [-0.1, -0.05) is 12.1 Å². The van der Waals surface area contributed by atoms with Gasteiger partial charge in [-0.3, -0.25) is 9.88 Å². The number of pyridine rings is 1. The molecular formula is C14H17N3. The number of nitrogens with two attached hydrogens (primary N) is 1. The van der Waals surface area contributed by atoms with Gasteiger partial charge in [0.2, 0.25) is 0 Å². The topological polar surface area (TPSA) is 42.1 Å². The van der Waals surface area contributed by atoms with Crippen molar-refractivity contribution >= 4 is 16.6 Å². The summed E-state index contributed by atoms with van der Waals surface area (Å²) >= 11 is 0. The molecule has 1 saturated heterocycles. The predicted molar refractivity (Wildman–Crippen MR) is 70.7 cm³/mol. The Morgan fingerprint density at radius 1 is 1.12 bits per heavy atom. The molecule has 1 aliphatic rings. The largest absolute Gasteiger partial charge is 0.399 e. The Morgan fingerprint density at radius 2 is 1.88 bits per heavy atom. The van der Waals surface area contributed by atoms with Crippen molar-refractivity contribution in [3.8, 4) is 0 Å². The molecule has 3 heteroatoms. The molecule has 2 N–H and O–H groups in total. The van der Waals surface area contributed by atoms with Crippen LogP contribution in [0.4, 0.5) is 5.69 Å². The number of hydrogen-bond acceptors (Lipinski definition) is 3. The van der Waals surface area contributed by atoms with Gasteiger partial charge in [0.15, 0.2) is 0 Å². The number of likely N-dealkylation sites (tertiary alicyclic amines) is 1. The van der Waals surface area contributed by atoms with Gasteiger partial charge in [-0.2, -0.15) is 0 Å². The first kappa shape index (κ1) is 10.5. The maximum atomic E-state index is 5.79. The summed E-state index contributed by atoms with van der Waals surface area (Å²) in [6, 6.07) is 10.1. The number of nitrogens with zero attached hydrogens (tertiary/aromatic N) is 2. The van der Waals surface area contributed by atoms with Crippen LogP contribution in [-0.2, 0) is 6.54 Å². The maximum absolute atomic E-state index is 5.79. The molecule has 88 valence electrons. The summed E-state index contributed by atoms with van der Waals surface area (Å²) in [4.78, 5) is 7.14. The number of aromatic nitrogens is 1. The minimum Gasteiger partial charge on any atom is -0.399 e. The average molecular weight is 227 g/mol. The van der Waals surface area contributed by atoms with E-state index >= 15 is 0 Å². The molecule has 1 aromatic carbocycles. The summed E-state index contributed by atoms with van der Waals surface area (Å²) in [7, 11) is 0. The van der Waals surface area contributed by atoms with Crippen LogP contribution in [0.15, 0.2) is 30.3 Å². The third-order valence-corrected chi connectivity index (χ3v) is 3.36. The highest BCUT2D eigenvalue weighted by atomic mass is 15.1. The van der Waals surface area contributed by atoms with Gasteiger partial charge in [-0.25, -0.2) is 0 Å². The number of hydrogen-bond donors (Lipinski definition) is 1. The van der Waals surface area contributed by atoms with E-state index in [1.54, 1.807) is 0 Å². The summed E-state index contributed by atoms with van der Waals surface area (Å²) in [6.07, 6.45) is 2.64. The molecular weight excluding hydrogens is 210 g/mol. The number of rotatable bonds is 2. The summed E-state index contributed by atoms with van der Waals surface area (Å²) in [5.41, 5.74) is 8.71. The van der Waals surface area contributed by atoms with E-state index in [1.807, 2.05) is 18.2 Å². The van der Waals surface area contributed by atoms with Crippen LogP contribution in [0.25, 0.3) is 10.9 Å². The van der Waals surface area contributed by atoms with E-state index in [0.717, 1.165) is 28.8 Å². The fraction of sp³-hybridized carbons (Fsp3) is 0.357. The Morgan fingerprint density at radius 3 is 2.71 bits per heavy atom. The molecule has 2 heterocycles. The monoisotopic (exact) mass is 227 g/mol. The molecule has 0 bridgehead atoms. The summed E-state index contributed by atoms with van der Waals surface area (Å²) in [5.74, 6) is 0. The standard InChI is InChI=1S/C14H17N3/c15-12-5-3-11-4-6-13(16-14(11)9-12)10-17-7-1-2-8-17/h3-6,9H,1-2,7-8,10,15H2. The van der Waals surface area contributed by atoms with Crippen molar-refractivity contribution < 1.29 is 0 Å². The van der Waals surface area contributed by atoms with Crippen molar-refractivity contribution in [2.45, 2.75) is 19.4 Å². The Kier molecular flexibility index (Phi) is 2.69. The van der Waals surface area contributed by atoms with E-state index in [2.05, 4.69) is 22.0 Å². The number of nitrogen functional groups attached to an aromatic ring is 1. The Hall–Kier alpha value is -1.61. The van der Waals surface area contributed by atoms with E-state index in [0.29, 0.717) is 0 Å². The summed E-state index contributed by atoms with van der Waals surface area (Å²) < 4.78 is 0. The zero-order valence-electron chi connectivity index (χ0n) is 9.89. The molecule has 0 aliphatic carbocycles. The van der Waals surface area contributed by atoms with Crippen molar-refractivity contribution in [3.63, 3.8) is 0 Å². The van der Waals surface area contributed by atoms with Gasteiger partial charge in [-0.05, 0) is 44.1 Å². The molecule has 0 unspecified atom stereocenters. The smallest absolute Gasteiger partial charge is 0.0726 e. The average Bonchev–Trinajstić information content (AvgIpc) is 2.81. The Bertz CT molecular complexity index is 530. The number of benzene rings is 1. The van der Waals surface area contributed by atoms with Crippen LogP contribution in [0.1, 0.15) is 18.5 Å². The second kappa shape index (κ2) is 4.34. The minimum atomic E-state index is 0.781. The zero-order valence-corrected chi connectivity index (χ0v) is 9.89. The predicted octanol–water partition coefficient (Wildman–Crippen LogP) is 2.41. The first-order valence-electron chi connectivity index (χ1n) is 6.19. The lowest BCUT2D eigenvalue weighted by Gasteiger charge is -2.14. The first-order valence-corrected chi connectivity index (χ1v) is 6.19. The molecule has 0 saturated carbocycles. The van der Waals surface area contributed by atoms with E-state index < -0.39 is 0 Å². The molecule has 0 radical (unpaired) electrons. The zero-order chi connectivity index (χ0) is 11.7. The first-order chi connectivity index (χ1) is 8.31. The molecule has 1 fully saturated rings. The van der Waals surface area contributed by atoms with Gasteiger partial charge < -0.3 is 5.73 Å². The van der Waals surface area contributed by atoms with Crippen LogP contribution in [0, 0.1) is 0 Å². The molecule has 2 aromatic rings. The van der Waals surface area contributed by atoms with Crippen LogP contribution in [0.3, 0.4) is 0 Å². The van der Waals surface area contributed by atoms with Crippen molar-refractivity contribution in [1.82, 2.24) is 9.88 Å². The number of fused-ring (bicyclic) bond motifs is 1. The third-order valence-electron chi connectivity index (χ3n) is 3.36. The van der Waals surface area contributed by atoms with Gasteiger partial charge in [0.05, 0.1) is 11.2 Å². The molecule has 3 rings (SSSR count). The van der Waals surface area contributed by atoms with E-state index in [9.17, 15) is 0 Å². The van der Waals surface area contributed by atoms with Gasteiger partial charge in [0.1, 0.15) is 0 Å². The van der Waals surface area contributed by atoms with Crippen molar-refractivity contribution in [2.75, 3.05) is 18.8 Å². The molecule has 17 heavy (non-hydrogen) atoms. The van der Waals surface area contributed by atoms with E-state index in [1.165, 1.54) is 25.9 Å². The normalized spacial score (nSPS) is 16.7. The minimum absolute atomic E-state index is 0.781. The van der Waals surface area contributed by atoms with Crippen molar-refractivity contribution in [3.05, 3.63) is 36.0 Å². The molecule has 1 aliphatic heterocycles. The van der Waals surface area contributed by atoms with Crippen LogP contribution in [0.2, 0.25) is 0 Å². The summed E-state index contributed by atoms with van der Waals surface area (Å²) in [5, 5.41) is 1.16. The second-order valence-corrected chi connectivity index (χ2v) is 4.74. The number of anilines is 1. The highest BCUT2D eigenvalue weighted by molar-refractivity contribution is 5.81. The van der Waals surface area contributed by atoms with Crippen LogP contribution < -0.4 is 5.73 Å². The fourth-order valence-corrected chi connectivity index (χ4v) is 2.43. The van der Waals surface area contributed by atoms with Crippen LogP contribution in [-0.4, -0.2) is 23.0 Å². The lowest BCUT2D eigenvalue weighted by atomic mass is 10.2. The molecule has 1 aromatic heterocycles. The van der Waals surface area contributed by atoms with Crippen LogP contribution >= 0.6 is 0 Å². The van der Waals surface area contributed by atoms with Gasteiger partial charge in [0.25, 0.3) is 0 Å². The highest BCUT2D eigenvalue weighted by Crippen LogP contribution is 2.18. The fourth-order valence-electron chi connectivity index (χ4n) is 2.43. The molecule has 0 atom stereocenters. The Labute approximate surface area is 101 Å². The lowest BCUT2D eigenvalue weighted by Crippen LogP contribution is -2.19. The van der Waals surface area contributed by atoms with Gasteiger partial charge in [0, 0.05) is 17.6 Å². The highest BCUT2D eigenvalue weighted by Gasteiger charge is 2.12. The van der Waals surface area contributed by atoms with Gasteiger partial charge >= 0.3 is 0 Å². The molecule has 0 spiro atoms. The van der Waals surface area contributed by atoms with Crippen molar-refractivity contribution in [2.24, 2.45) is 0 Å². The van der Waals surface area contributed by atoms with E-state index in [4.69, 9.17) is 5.73 Å². The van der Waals surface area contributed by atoms with E-state index in [-0.39, 0.29) is 0 Å². The molecule has 3 nitrogen and oxygen atoms in total. The SMILES string of the molecule is Nc1ccc2ccc(CN3CCCC3)nc2c1. The maximum Gasteiger partial charge on any atom is 0.0726 e. The Balaban J connectivity index is 1.89. The van der Waals surface area contributed by atoms with Gasteiger partial charge in [-0.15, -0.1) is 0 Å². The second-order valence-electron chi connectivity index (χ2n) is 4.74. The third kappa shape index (κ3) is 2.24.